The Bertz CT molecular complexity index is 929. The molecular weight excluding hydrogens is 344 g/mol. The molecule has 1 aromatic carbocycles. The number of rotatable bonds is 6. The molecule has 0 bridgehead atoms. The van der Waals surface area contributed by atoms with Gasteiger partial charge in [-0.3, -0.25) is 0 Å². The monoisotopic (exact) mass is 362 g/mol. The zero-order valence-corrected chi connectivity index (χ0v) is 15.1. The summed E-state index contributed by atoms with van der Waals surface area (Å²) >= 11 is 1.43. The summed E-state index contributed by atoms with van der Waals surface area (Å²) < 4.78 is 32.6. The average molecular weight is 362 g/mol. The van der Waals surface area contributed by atoms with E-state index in [9.17, 15) is 8.42 Å². The van der Waals surface area contributed by atoms with Crippen LogP contribution in [0.3, 0.4) is 0 Å². The summed E-state index contributed by atoms with van der Waals surface area (Å²) in [5, 5.41) is 0.755. The van der Waals surface area contributed by atoms with Gasteiger partial charge in [0.25, 0.3) is 0 Å². The summed E-state index contributed by atoms with van der Waals surface area (Å²) in [6.07, 6.45) is 1.59. The van der Waals surface area contributed by atoms with Gasteiger partial charge in [0.1, 0.15) is 0 Å². The molecule has 0 fully saturated rings. The van der Waals surface area contributed by atoms with Crippen LogP contribution in [0.5, 0.6) is 0 Å². The van der Waals surface area contributed by atoms with E-state index in [1.54, 1.807) is 12.3 Å². The Morgan fingerprint density at radius 3 is 2.75 bits per heavy atom. The molecule has 0 saturated heterocycles. The Labute approximate surface area is 145 Å². The first-order valence-corrected chi connectivity index (χ1v) is 9.93. The van der Waals surface area contributed by atoms with E-state index >= 15 is 0 Å². The van der Waals surface area contributed by atoms with Gasteiger partial charge in [-0.25, -0.2) is 18.1 Å². The van der Waals surface area contributed by atoms with Gasteiger partial charge in [-0.1, -0.05) is 29.8 Å². The minimum absolute atomic E-state index is 0.0302. The van der Waals surface area contributed by atoms with Crippen molar-refractivity contribution in [2.24, 2.45) is 0 Å². The SMILES string of the molecule is Cc1cccc(CS(=O)(=O)NCc2sc(-c3ccco3)nc2C)c1. The van der Waals surface area contributed by atoms with Crippen molar-refractivity contribution in [2.75, 3.05) is 0 Å². The molecule has 0 amide bonds. The van der Waals surface area contributed by atoms with E-state index in [-0.39, 0.29) is 12.3 Å². The molecule has 1 N–H and O–H groups in total. The van der Waals surface area contributed by atoms with Gasteiger partial charge < -0.3 is 4.42 Å². The number of aryl methyl sites for hydroxylation is 2. The first-order chi connectivity index (χ1) is 11.4. The van der Waals surface area contributed by atoms with E-state index in [1.165, 1.54) is 11.3 Å². The Morgan fingerprint density at radius 2 is 2.04 bits per heavy atom. The molecule has 0 aliphatic rings. The normalized spacial score (nSPS) is 11.8. The minimum Gasteiger partial charge on any atom is -0.462 e. The largest absolute Gasteiger partial charge is 0.462 e. The number of furan rings is 1. The predicted octanol–water partition coefficient (Wildman–Crippen LogP) is 3.64. The number of thiazole rings is 1. The van der Waals surface area contributed by atoms with Crippen LogP contribution in [0.2, 0.25) is 0 Å². The lowest BCUT2D eigenvalue weighted by molar-refractivity contribution is 0.580. The zero-order chi connectivity index (χ0) is 17.2. The number of aromatic nitrogens is 1. The third-order valence-corrected chi connectivity index (χ3v) is 5.99. The molecule has 0 unspecified atom stereocenters. The molecule has 0 aliphatic heterocycles. The fraction of sp³-hybridized carbons (Fsp3) is 0.235. The number of nitrogens with zero attached hydrogens (tertiary/aromatic N) is 1. The summed E-state index contributed by atoms with van der Waals surface area (Å²) in [6.45, 7) is 4.05. The van der Waals surface area contributed by atoms with Crippen molar-refractivity contribution in [1.82, 2.24) is 9.71 Å². The van der Waals surface area contributed by atoms with E-state index in [0.29, 0.717) is 5.76 Å². The first-order valence-electron chi connectivity index (χ1n) is 7.46. The molecule has 24 heavy (non-hydrogen) atoms. The van der Waals surface area contributed by atoms with Crippen LogP contribution < -0.4 is 4.72 Å². The summed E-state index contributed by atoms with van der Waals surface area (Å²) in [7, 11) is -3.41. The fourth-order valence-electron chi connectivity index (χ4n) is 2.35. The standard InChI is InChI=1S/C17H18N2O3S2/c1-12-5-3-6-14(9-12)11-24(20,21)18-10-16-13(2)19-17(23-16)15-7-4-8-22-15/h3-9,18H,10-11H2,1-2H3. The molecule has 0 aliphatic carbocycles. The van der Waals surface area contributed by atoms with Crippen LogP contribution in [0.1, 0.15) is 21.7 Å². The van der Waals surface area contributed by atoms with Gasteiger partial charge in [-0.05, 0) is 31.5 Å². The molecule has 7 heteroatoms. The summed E-state index contributed by atoms with van der Waals surface area (Å²) in [5.74, 6) is 0.661. The summed E-state index contributed by atoms with van der Waals surface area (Å²) in [6, 6.07) is 11.1. The minimum atomic E-state index is -3.41. The quantitative estimate of drug-likeness (QED) is 0.727. The van der Waals surface area contributed by atoms with Gasteiger partial charge in [-0.15, -0.1) is 11.3 Å². The summed E-state index contributed by atoms with van der Waals surface area (Å²) in [5.41, 5.74) is 2.63. The lowest BCUT2D eigenvalue weighted by atomic mass is 10.2. The van der Waals surface area contributed by atoms with E-state index in [4.69, 9.17) is 4.42 Å². The highest BCUT2D eigenvalue weighted by Gasteiger charge is 2.15. The number of hydrogen-bond acceptors (Lipinski definition) is 5. The van der Waals surface area contributed by atoms with Gasteiger partial charge in [0, 0.05) is 11.4 Å². The van der Waals surface area contributed by atoms with Gasteiger partial charge in [0.05, 0.1) is 17.7 Å². The average Bonchev–Trinajstić information content (AvgIpc) is 3.14. The van der Waals surface area contributed by atoms with E-state index in [1.807, 2.05) is 44.2 Å². The maximum Gasteiger partial charge on any atom is 0.216 e. The Balaban J connectivity index is 1.69. The molecule has 0 radical (unpaired) electrons. The third kappa shape index (κ3) is 4.11. The molecule has 3 aromatic rings. The lowest BCUT2D eigenvalue weighted by Gasteiger charge is -2.06. The molecular formula is C17H18N2O3S2. The molecule has 3 rings (SSSR count). The van der Waals surface area contributed by atoms with Crippen molar-refractivity contribution < 1.29 is 12.8 Å². The van der Waals surface area contributed by atoms with Gasteiger partial charge in [0.2, 0.25) is 10.0 Å². The van der Waals surface area contributed by atoms with Crippen LogP contribution in [0.15, 0.2) is 47.1 Å². The second-order valence-electron chi connectivity index (χ2n) is 5.57. The molecule has 2 heterocycles. The van der Waals surface area contributed by atoms with Crippen molar-refractivity contribution in [1.29, 1.82) is 0 Å². The van der Waals surface area contributed by atoms with E-state index in [0.717, 1.165) is 26.7 Å². The van der Waals surface area contributed by atoms with Crippen LogP contribution in [-0.4, -0.2) is 13.4 Å². The van der Waals surface area contributed by atoms with Crippen LogP contribution in [0.4, 0.5) is 0 Å². The molecule has 2 aromatic heterocycles. The highest BCUT2D eigenvalue weighted by molar-refractivity contribution is 7.88. The highest BCUT2D eigenvalue weighted by Crippen LogP contribution is 2.28. The predicted molar refractivity (Wildman–Crippen MR) is 95.2 cm³/mol. The number of sulfonamides is 1. The molecule has 0 spiro atoms. The maximum absolute atomic E-state index is 12.3. The highest BCUT2D eigenvalue weighted by atomic mass is 32.2. The van der Waals surface area contributed by atoms with Crippen molar-refractivity contribution in [3.05, 3.63) is 64.4 Å². The van der Waals surface area contributed by atoms with Crippen molar-refractivity contribution in [3.8, 4) is 10.8 Å². The van der Waals surface area contributed by atoms with Gasteiger partial charge in [0.15, 0.2) is 10.8 Å². The number of nitrogens with one attached hydrogen (secondary N) is 1. The molecule has 0 atom stereocenters. The smallest absolute Gasteiger partial charge is 0.216 e. The zero-order valence-electron chi connectivity index (χ0n) is 13.4. The second kappa shape index (κ2) is 6.88. The van der Waals surface area contributed by atoms with Crippen LogP contribution >= 0.6 is 11.3 Å². The number of hydrogen-bond donors (Lipinski definition) is 1. The van der Waals surface area contributed by atoms with Crippen LogP contribution in [-0.2, 0) is 22.3 Å². The number of benzene rings is 1. The van der Waals surface area contributed by atoms with Crippen molar-refractivity contribution in [2.45, 2.75) is 26.1 Å². The van der Waals surface area contributed by atoms with Crippen molar-refractivity contribution >= 4 is 21.4 Å². The van der Waals surface area contributed by atoms with E-state index in [2.05, 4.69) is 9.71 Å². The third-order valence-electron chi connectivity index (χ3n) is 3.52. The molecule has 5 nitrogen and oxygen atoms in total. The maximum atomic E-state index is 12.3. The Morgan fingerprint density at radius 1 is 1.21 bits per heavy atom. The summed E-state index contributed by atoms with van der Waals surface area (Å²) in [4.78, 5) is 5.32. The molecule has 0 saturated carbocycles. The second-order valence-corrected chi connectivity index (χ2v) is 8.46. The lowest BCUT2D eigenvalue weighted by Crippen LogP contribution is -2.24. The Hall–Kier alpha value is -1.96. The van der Waals surface area contributed by atoms with Gasteiger partial charge in [-0.2, -0.15) is 0 Å². The van der Waals surface area contributed by atoms with E-state index < -0.39 is 10.0 Å². The van der Waals surface area contributed by atoms with Crippen LogP contribution in [0.25, 0.3) is 10.8 Å². The topological polar surface area (TPSA) is 72.2 Å². The molecule has 126 valence electrons. The first kappa shape index (κ1) is 16.9. The van der Waals surface area contributed by atoms with Crippen molar-refractivity contribution in [3.63, 3.8) is 0 Å². The fourth-order valence-corrected chi connectivity index (χ4v) is 4.49. The Kier molecular flexibility index (Phi) is 4.84. The van der Waals surface area contributed by atoms with Gasteiger partial charge >= 0.3 is 0 Å². The van der Waals surface area contributed by atoms with Crippen LogP contribution in [0, 0.1) is 13.8 Å².